The number of nitrogens with zero attached hydrogens (tertiary/aromatic N) is 2. The molecule has 2 heteroatoms. The first-order valence-electron chi connectivity index (χ1n) is 5.30. The van der Waals surface area contributed by atoms with Crippen LogP contribution >= 0.6 is 0 Å². The average molecular weight is 202 g/mol. The van der Waals surface area contributed by atoms with Gasteiger partial charge in [-0.25, -0.2) is 0 Å². The maximum atomic E-state index is 8.94. The summed E-state index contributed by atoms with van der Waals surface area (Å²) in [4.78, 5) is 2.25. The third-order valence-corrected chi connectivity index (χ3v) is 2.25. The molecule has 0 spiro atoms. The van der Waals surface area contributed by atoms with E-state index in [1.54, 1.807) is 0 Å². The lowest BCUT2D eigenvalue weighted by atomic mass is 10.1. The summed E-state index contributed by atoms with van der Waals surface area (Å²) in [6.07, 6.45) is 0. The molecule has 0 atom stereocenters. The summed E-state index contributed by atoms with van der Waals surface area (Å²) < 4.78 is 0. The van der Waals surface area contributed by atoms with Crippen molar-refractivity contribution in [2.45, 2.75) is 20.4 Å². The van der Waals surface area contributed by atoms with E-state index in [1.165, 1.54) is 0 Å². The molecule has 0 aliphatic rings. The summed E-state index contributed by atoms with van der Waals surface area (Å²) in [5, 5.41) is 8.94. The fourth-order valence-corrected chi connectivity index (χ4v) is 1.75. The molecule has 0 unspecified atom stereocenters. The molecule has 2 nitrogen and oxygen atoms in total. The van der Waals surface area contributed by atoms with Crippen molar-refractivity contribution in [3.05, 3.63) is 35.4 Å². The quantitative estimate of drug-likeness (QED) is 0.750. The van der Waals surface area contributed by atoms with Gasteiger partial charge in [-0.3, -0.25) is 0 Å². The van der Waals surface area contributed by atoms with Crippen molar-refractivity contribution in [1.82, 2.24) is 4.90 Å². The van der Waals surface area contributed by atoms with Crippen molar-refractivity contribution in [2.24, 2.45) is 5.92 Å². The van der Waals surface area contributed by atoms with E-state index >= 15 is 0 Å². The highest BCUT2D eigenvalue weighted by Crippen LogP contribution is 2.10. The minimum atomic E-state index is 0.657. The summed E-state index contributed by atoms with van der Waals surface area (Å²) in [7, 11) is 2.09. The lowest BCUT2D eigenvalue weighted by Gasteiger charge is -2.19. The Balaban J connectivity index is 2.68. The summed E-state index contributed by atoms with van der Waals surface area (Å²) in [5.74, 6) is 0.657. The summed E-state index contributed by atoms with van der Waals surface area (Å²) in [6, 6.07) is 10.0. The summed E-state index contributed by atoms with van der Waals surface area (Å²) in [5.41, 5.74) is 1.90. The van der Waals surface area contributed by atoms with Crippen molar-refractivity contribution in [3.8, 4) is 6.07 Å². The first-order valence-corrected chi connectivity index (χ1v) is 5.30. The van der Waals surface area contributed by atoms with Crippen molar-refractivity contribution in [2.75, 3.05) is 13.6 Å². The molecule has 80 valence electrons. The van der Waals surface area contributed by atoms with E-state index in [9.17, 15) is 0 Å². The maximum Gasteiger partial charge on any atom is 0.0995 e. The molecule has 15 heavy (non-hydrogen) atoms. The Morgan fingerprint density at radius 2 is 2.00 bits per heavy atom. The van der Waals surface area contributed by atoms with Gasteiger partial charge in [0.2, 0.25) is 0 Å². The SMILES string of the molecule is CC(C)CN(C)Cc1ccccc1C#N. The van der Waals surface area contributed by atoms with Gasteiger partial charge in [-0.1, -0.05) is 32.0 Å². The lowest BCUT2D eigenvalue weighted by molar-refractivity contribution is 0.288. The van der Waals surface area contributed by atoms with Crippen molar-refractivity contribution in [1.29, 1.82) is 5.26 Å². The molecule has 0 N–H and O–H groups in total. The van der Waals surface area contributed by atoms with E-state index in [-0.39, 0.29) is 0 Å². The molecule has 0 saturated carbocycles. The number of hydrogen-bond donors (Lipinski definition) is 0. The maximum absolute atomic E-state index is 8.94. The molecule has 0 bridgehead atoms. The van der Waals surface area contributed by atoms with Crippen LogP contribution in [0.3, 0.4) is 0 Å². The fraction of sp³-hybridized carbons (Fsp3) is 0.462. The Kier molecular flexibility index (Phi) is 4.33. The van der Waals surface area contributed by atoms with Gasteiger partial charge in [0.1, 0.15) is 0 Å². The van der Waals surface area contributed by atoms with Crippen LogP contribution < -0.4 is 0 Å². The Morgan fingerprint density at radius 3 is 2.60 bits per heavy atom. The molecular weight excluding hydrogens is 184 g/mol. The van der Waals surface area contributed by atoms with Gasteiger partial charge < -0.3 is 4.90 Å². The van der Waals surface area contributed by atoms with Crippen LogP contribution in [-0.4, -0.2) is 18.5 Å². The van der Waals surface area contributed by atoms with Crippen LogP contribution in [0, 0.1) is 17.2 Å². The molecule has 1 aromatic carbocycles. The molecule has 0 aromatic heterocycles. The smallest absolute Gasteiger partial charge is 0.0995 e. The van der Waals surface area contributed by atoms with E-state index < -0.39 is 0 Å². The number of hydrogen-bond acceptors (Lipinski definition) is 2. The van der Waals surface area contributed by atoms with E-state index in [4.69, 9.17) is 5.26 Å². The van der Waals surface area contributed by atoms with E-state index in [1.807, 2.05) is 24.3 Å². The second kappa shape index (κ2) is 5.53. The zero-order valence-electron chi connectivity index (χ0n) is 9.70. The Bertz CT molecular complexity index is 350. The zero-order valence-corrected chi connectivity index (χ0v) is 9.70. The third-order valence-electron chi connectivity index (χ3n) is 2.25. The highest BCUT2D eigenvalue weighted by atomic mass is 15.1. The van der Waals surface area contributed by atoms with Crippen LogP contribution in [0.1, 0.15) is 25.0 Å². The van der Waals surface area contributed by atoms with Crippen molar-refractivity contribution >= 4 is 0 Å². The summed E-state index contributed by atoms with van der Waals surface area (Å²) in [6.45, 7) is 6.31. The topological polar surface area (TPSA) is 27.0 Å². The van der Waals surface area contributed by atoms with Gasteiger partial charge in [0, 0.05) is 13.1 Å². The zero-order chi connectivity index (χ0) is 11.3. The van der Waals surface area contributed by atoms with Crippen LogP contribution in [0.2, 0.25) is 0 Å². The number of benzene rings is 1. The minimum Gasteiger partial charge on any atom is -0.302 e. The van der Waals surface area contributed by atoms with Gasteiger partial charge in [-0.05, 0) is 24.6 Å². The van der Waals surface area contributed by atoms with Crippen LogP contribution in [0.5, 0.6) is 0 Å². The van der Waals surface area contributed by atoms with Gasteiger partial charge in [0.15, 0.2) is 0 Å². The lowest BCUT2D eigenvalue weighted by Crippen LogP contribution is -2.23. The van der Waals surface area contributed by atoms with Crippen LogP contribution in [0.25, 0.3) is 0 Å². The Hall–Kier alpha value is -1.33. The molecule has 0 aliphatic heterocycles. The van der Waals surface area contributed by atoms with Gasteiger partial charge in [-0.15, -0.1) is 0 Å². The highest BCUT2D eigenvalue weighted by molar-refractivity contribution is 5.37. The van der Waals surface area contributed by atoms with Crippen molar-refractivity contribution < 1.29 is 0 Å². The first-order chi connectivity index (χ1) is 7.13. The number of rotatable bonds is 4. The molecule has 1 aromatic rings. The fourth-order valence-electron chi connectivity index (χ4n) is 1.75. The largest absolute Gasteiger partial charge is 0.302 e. The molecule has 0 heterocycles. The molecule has 0 aliphatic carbocycles. The standard InChI is InChI=1S/C13H18N2/c1-11(2)9-15(3)10-13-7-5-4-6-12(13)8-14/h4-7,11H,9-10H2,1-3H3. The second-order valence-electron chi connectivity index (χ2n) is 4.36. The van der Waals surface area contributed by atoms with Crippen molar-refractivity contribution in [3.63, 3.8) is 0 Å². The second-order valence-corrected chi connectivity index (χ2v) is 4.36. The molecule has 0 radical (unpaired) electrons. The van der Waals surface area contributed by atoms with Gasteiger partial charge >= 0.3 is 0 Å². The Morgan fingerprint density at radius 1 is 1.33 bits per heavy atom. The van der Waals surface area contributed by atoms with E-state index in [2.05, 4.69) is 31.9 Å². The molecule has 1 rings (SSSR count). The van der Waals surface area contributed by atoms with Crippen LogP contribution in [0.4, 0.5) is 0 Å². The Labute approximate surface area is 92.1 Å². The third kappa shape index (κ3) is 3.73. The average Bonchev–Trinajstić information content (AvgIpc) is 2.17. The molecule has 0 fully saturated rings. The minimum absolute atomic E-state index is 0.657. The van der Waals surface area contributed by atoms with Crippen LogP contribution in [-0.2, 0) is 6.54 Å². The summed E-state index contributed by atoms with van der Waals surface area (Å²) >= 11 is 0. The predicted molar refractivity (Wildman–Crippen MR) is 62.3 cm³/mol. The van der Waals surface area contributed by atoms with E-state index in [0.717, 1.165) is 24.2 Å². The molecule has 0 saturated heterocycles. The van der Waals surface area contributed by atoms with Gasteiger partial charge in [0.25, 0.3) is 0 Å². The first kappa shape index (κ1) is 11.7. The predicted octanol–water partition coefficient (Wildman–Crippen LogP) is 2.65. The van der Waals surface area contributed by atoms with Gasteiger partial charge in [-0.2, -0.15) is 5.26 Å². The molecular formula is C13H18N2. The molecule has 0 amide bonds. The van der Waals surface area contributed by atoms with E-state index in [0.29, 0.717) is 5.92 Å². The number of nitriles is 1. The normalized spacial score (nSPS) is 10.7. The monoisotopic (exact) mass is 202 g/mol. The van der Waals surface area contributed by atoms with Gasteiger partial charge in [0.05, 0.1) is 11.6 Å². The van der Waals surface area contributed by atoms with Crippen LogP contribution in [0.15, 0.2) is 24.3 Å². The highest BCUT2D eigenvalue weighted by Gasteiger charge is 2.05.